The number of hydrogen-bond acceptors (Lipinski definition) is 8. The summed E-state index contributed by atoms with van der Waals surface area (Å²) in [5, 5.41) is 8.55. The summed E-state index contributed by atoms with van der Waals surface area (Å²) in [6.07, 6.45) is 1.82. The number of carbonyl (C=O) groups excluding carboxylic acids is 3. The first-order chi connectivity index (χ1) is 10.7. The van der Waals surface area contributed by atoms with E-state index in [0.29, 0.717) is 5.75 Å². The molecule has 0 saturated heterocycles. The van der Waals surface area contributed by atoms with Gasteiger partial charge in [0.05, 0.1) is 18.3 Å². The fourth-order valence-electron chi connectivity index (χ4n) is 1.18. The van der Waals surface area contributed by atoms with Gasteiger partial charge in [-0.25, -0.2) is 9.59 Å². The Labute approximate surface area is 138 Å². The Morgan fingerprint density at radius 2 is 1.61 bits per heavy atom. The minimum atomic E-state index is -0.953. The van der Waals surface area contributed by atoms with Crippen molar-refractivity contribution in [1.29, 1.82) is 0 Å². The fraction of sp³-hybridized carbons (Fsp3) is 0.571. The number of methoxy groups -OCH3 is 1. The molecule has 130 valence electrons. The van der Waals surface area contributed by atoms with Gasteiger partial charge in [0, 0.05) is 17.9 Å². The molecule has 0 aliphatic carbocycles. The van der Waals surface area contributed by atoms with Crippen molar-refractivity contribution in [2.24, 2.45) is 5.41 Å². The standard InChI is InChI=1S/C14H20O8S/c1-14(2,9-23-8-10(15)16)13(19)22-7-6-21-12(18)5-4-11(17)20-3/h4-5H,6-9H2,1-3H3,(H,15,16)/b5-4-. The van der Waals surface area contributed by atoms with Gasteiger partial charge in [0.15, 0.2) is 0 Å². The third-order valence-corrected chi connectivity index (χ3v) is 3.74. The van der Waals surface area contributed by atoms with E-state index >= 15 is 0 Å². The van der Waals surface area contributed by atoms with E-state index in [1.54, 1.807) is 13.8 Å². The second-order valence-corrected chi connectivity index (χ2v) is 5.92. The first-order valence-corrected chi connectivity index (χ1v) is 7.74. The molecule has 9 heteroatoms. The smallest absolute Gasteiger partial charge is 0.331 e. The van der Waals surface area contributed by atoms with Crippen molar-refractivity contribution >= 4 is 35.6 Å². The molecule has 23 heavy (non-hydrogen) atoms. The number of carboxylic acid groups (broad SMARTS) is 1. The number of carbonyl (C=O) groups is 4. The van der Waals surface area contributed by atoms with E-state index in [2.05, 4.69) is 4.74 Å². The van der Waals surface area contributed by atoms with Gasteiger partial charge in [-0.1, -0.05) is 0 Å². The summed E-state index contributed by atoms with van der Waals surface area (Å²) in [4.78, 5) is 44.2. The van der Waals surface area contributed by atoms with Crippen molar-refractivity contribution in [3.8, 4) is 0 Å². The summed E-state index contributed by atoms with van der Waals surface area (Å²) < 4.78 is 14.0. The SMILES string of the molecule is COC(=O)/C=C\C(=O)OCCOC(=O)C(C)(C)CSCC(=O)O. The summed E-state index contributed by atoms with van der Waals surface area (Å²) in [5.41, 5.74) is -0.852. The van der Waals surface area contributed by atoms with Gasteiger partial charge in [-0.3, -0.25) is 9.59 Å². The number of carboxylic acids is 1. The third-order valence-electron chi connectivity index (χ3n) is 2.36. The summed E-state index contributed by atoms with van der Waals surface area (Å²) >= 11 is 1.11. The van der Waals surface area contributed by atoms with Crippen molar-refractivity contribution < 1.29 is 38.5 Å². The van der Waals surface area contributed by atoms with Crippen molar-refractivity contribution in [3.05, 3.63) is 12.2 Å². The number of hydrogen-bond donors (Lipinski definition) is 1. The van der Waals surface area contributed by atoms with Crippen LogP contribution in [0.1, 0.15) is 13.8 Å². The Morgan fingerprint density at radius 1 is 1.04 bits per heavy atom. The molecule has 0 saturated carbocycles. The zero-order valence-electron chi connectivity index (χ0n) is 13.2. The molecule has 0 fully saturated rings. The molecular formula is C14H20O8S. The largest absolute Gasteiger partial charge is 0.481 e. The third kappa shape index (κ3) is 10.3. The molecule has 0 aromatic carbocycles. The van der Waals surface area contributed by atoms with E-state index in [9.17, 15) is 19.2 Å². The molecule has 0 radical (unpaired) electrons. The Bertz CT molecular complexity index is 469. The highest BCUT2D eigenvalue weighted by Gasteiger charge is 2.29. The van der Waals surface area contributed by atoms with Crippen LogP contribution in [0.3, 0.4) is 0 Å². The van der Waals surface area contributed by atoms with Crippen LogP contribution in [0.25, 0.3) is 0 Å². The van der Waals surface area contributed by atoms with Gasteiger partial charge in [-0.05, 0) is 13.8 Å². The zero-order valence-corrected chi connectivity index (χ0v) is 14.0. The molecule has 0 atom stereocenters. The molecule has 0 amide bonds. The van der Waals surface area contributed by atoms with Gasteiger partial charge in [0.2, 0.25) is 0 Å². The van der Waals surface area contributed by atoms with Crippen molar-refractivity contribution in [2.45, 2.75) is 13.8 Å². The normalized spacial score (nSPS) is 11.1. The van der Waals surface area contributed by atoms with Gasteiger partial charge in [0.25, 0.3) is 0 Å². The Morgan fingerprint density at radius 3 is 2.17 bits per heavy atom. The van der Waals surface area contributed by atoms with Gasteiger partial charge >= 0.3 is 23.9 Å². The number of ether oxygens (including phenoxy) is 3. The van der Waals surface area contributed by atoms with Crippen LogP contribution >= 0.6 is 11.8 Å². The van der Waals surface area contributed by atoms with E-state index in [1.807, 2.05) is 0 Å². The maximum atomic E-state index is 11.8. The summed E-state index contributed by atoms with van der Waals surface area (Å²) in [6, 6.07) is 0. The molecular weight excluding hydrogens is 328 g/mol. The van der Waals surface area contributed by atoms with Crippen LogP contribution in [0.2, 0.25) is 0 Å². The predicted octanol–water partition coefficient (Wildman–Crippen LogP) is 0.646. The van der Waals surface area contributed by atoms with Crippen LogP contribution in [0, 0.1) is 5.41 Å². The maximum absolute atomic E-state index is 11.8. The lowest BCUT2D eigenvalue weighted by molar-refractivity contribution is -0.156. The monoisotopic (exact) mass is 348 g/mol. The Balaban J connectivity index is 4.00. The first kappa shape index (κ1) is 21.0. The topological polar surface area (TPSA) is 116 Å². The van der Waals surface area contributed by atoms with E-state index in [4.69, 9.17) is 14.6 Å². The van der Waals surface area contributed by atoms with Crippen molar-refractivity contribution in [1.82, 2.24) is 0 Å². The second kappa shape index (κ2) is 10.7. The van der Waals surface area contributed by atoms with E-state index in [-0.39, 0.29) is 19.0 Å². The van der Waals surface area contributed by atoms with Crippen molar-refractivity contribution in [3.63, 3.8) is 0 Å². The van der Waals surface area contributed by atoms with Crippen LogP contribution in [0.4, 0.5) is 0 Å². The molecule has 0 aromatic rings. The predicted molar refractivity (Wildman–Crippen MR) is 81.8 cm³/mol. The molecule has 0 spiro atoms. The maximum Gasteiger partial charge on any atom is 0.331 e. The average molecular weight is 348 g/mol. The van der Waals surface area contributed by atoms with Crippen LogP contribution in [-0.4, -0.2) is 60.8 Å². The van der Waals surface area contributed by atoms with Gasteiger partial charge in [-0.2, -0.15) is 0 Å². The van der Waals surface area contributed by atoms with Gasteiger partial charge in [0.1, 0.15) is 13.2 Å². The van der Waals surface area contributed by atoms with E-state index in [1.165, 1.54) is 7.11 Å². The van der Waals surface area contributed by atoms with Crippen LogP contribution in [-0.2, 0) is 33.4 Å². The average Bonchev–Trinajstić information content (AvgIpc) is 2.48. The molecule has 1 N–H and O–H groups in total. The van der Waals surface area contributed by atoms with Gasteiger partial charge in [-0.15, -0.1) is 11.8 Å². The fourth-order valence-corrected chi connectivity index (χ4v) is 2.08. The zero-order chi connectivity index (χ0) is 17.9. The number of aliphatic carboxylic acids is 1. The first-order valence-electron chi connectivity index (χ1n) is 6.58. The van der Waals surface area contributed by atoms with Gasteiger partial charge < -0.3 is 19.3 Å². The quantitative estimate of drug-likeness (QED) is 0.263. The highest BCUT2D eigenvalue weighted by molar-refractivity contribution is 7.99. The second-order valence-electron chi connectivity index (χ2n) is 4.93. The molecule has 0 aromatic heterocycles. The van der Waals surface area contributed by atoms with E-state index in [0.717, 1.165) is 23.9 Å². The number of esters is 3. The lowest BCUT2D eigenvalue weighted by atomic mass is 9.97. The molecule has 0 bridgehead atoms. The number of rotatable bonds is 10. The van der Waals surface area contributed by atoms with Crippen LogP contribution < -0.4 is 0 Å². The number of thioether (sulfide) groups is 1. The lowest BCUT2D eigenvalue weighted by Crippen LogP contribution is -2.30. The molecule has 0 heterocycles. The highest BCUT2D eigenvalue weighted by atomic mass is 32.2. The van der Waals surface area contributed by atoms with E-state index < -0.39 is 29.3 Å². The molecule has 0 unspecified atom stereocenters. The minimum Gasteiger partial charge on any atom is -0.481 e. The summed E-state index contributed by atoms with van der Waals surface area (Å²) in [6.45, 7) is 2.97. The Hall–Kier alpha value is -2.03. The molecule has 0 rings (SSSR count). The van der Waals surface area contributed by atoms with Crippen molar-refractivity contribution in [2.75, 3.05) is 31.8 Å². The summed E-state index contributed by atoms with van der Waals surface area (Å²) in [7, 11) is 1.17. The van der Waals surface area contributed by atoms with Crippen LogP contribution in [0.15, 0.2) is 12.2 Å². The molecule has 8 nitrogen and oxygen atoms in total. The minimum absolute atomic E-state index is 0.0964. The Kier molecular flexibility index (Phi) is 9.71. The lowest BCUT2D eigenvalue weighted by Gasteiger charge is -2.21. The molecule has 0 aliphatic heterocycles. The summed E-state index contributed by atoms with van der Waals surface area (Å²) in [5.74, 6) is -2.72. The highest BCUT2D eigenvalue weighted by Crippen LogP contribution is 2.23. The van der Waals surface area contributed by atoms with Crippen LogP contribution in [0.5, 0.6) is 0 Å². The molecule has 0 aliphatic rings.